The molecule has 0 bridgehead atoms. The molecule has 0 unspecified atom stereocenters. The maximum absolute atomic E-state index is 14.1. The summed E-state index contributed by atoms with van der Waals surface area (Å²) >= 11 is 0. The van der Waals surface area contributed by atoms with Gasteiger partial charge in [-0.25, -0.2) is 19.2 Å². The third kappa shape index (κ3) is 36.5. The number of rotatable bonds is 50. The van der Waals surface area contributed by atoms with Gasteiger partial charge in [0.1, 0.15) is 0 Å². The van der Waals surface area contributed by atoms with Crippen LogP contribution in [0.3, 0.4) is 0 Å². The minimum Gasteiger partial charge on any atom is -0.462 e. The van der Waals surface area contributed by atoms with Gasteiger partial charge in [0, 0.05) is 0 Å². The first kappa shape index (κ1) is 75.8. The Bertz CT molecular complexity index is 2100. The second-order valence-corrected chi connectivity index (χ2v) is 23.5. The Hall–Kier alpha value is -5.28. The number of benzene rings is 4. The molecule has 4 aromatic carbocycles. The third-order valence-electron chi connectivity index (χ3n) is 16.0. The van der Waals surface area contributed by atoms with Gasteiger partial charge in [-0.3, -0.25) is 0 Å². The van der Waals surface area contributed by atoms with Gasteiger partial charge >= 0.3 is 23.9 Å². The quantitative estimate of drug-likeness (QED) is 0.0242. The van der Waals surface area contributed by atoms with Crippen LogP contribution in [-0.4, -0.2) is 55.8 Å². The van der Waals surface area contributed by atoms with Gasteiger partial charge in [0.25, 0.3) is 0 Å². The van der Waals surface area contributed by atoms with E-state index < -0.39 is 23.9 Å². The van der Waals surface area contributed by atoms with Gasteiger partial charge in [0.05, 0.1) is 48.7 Å². The minimum absolute atomic E-state index is 0. The largest absolute Gasteiger partial charge is 0.462 e. The zero-order chi connectivity index (χ0) is 60.2. The van der Waals surface area contributed by atoms with Crippen molar-refractivity contribution in [2.45, 2.75) is 285 Å². The highest BCUT2D eigenvalue weighted by Gasteiger charge is 2.24. The maximum atomic E-state index is 14.1. The van der Waals surface area contributed by atoms with Gasteiger partial charge in [-0.1, -0.05) is 332 Å². The van der Waals surface area contributed by atoms with Crippen LogP contribution in [0.1, 0.15) is 326 Å². The normalized spacial score (nSPS) is 10.9. The standard InChI is InChI=1S/C64H106O8.C12H10.H2O/c1-5-9-13-17-21-25-29-33-37-41-49-69-61(65)55-45-47-57(59(53-55)63(67)71-51-43-39-35-31-27-23-19-15-11-7-3)58-48-46-56(62(66)70-50-42-38-34-30-26-22-18-14-10-6-2)54-60(58)64(68)72-52-44-40-36-32-28-24-20-16-12-8-4;1-3-7-11(8-4-1)12-9-5-2-6-10-12;/h45-48,53-54H,5-44,49-52H2,1-4H3;1-10H;1H2. The molecule has 0 aliphatic carbocycles. The summed E-state index contributed by atoms with van der Waals surface area (Å²) < 4.78 is 23.3. The molecule has 0 fully saturated rings. The topological polar surface area (TPSA) is 137 Å². The Balaban J connectivity index is 0.00000166. The predicted molar refractivity (Wildman–Crippen MR) is 356 cm³/mol. The van der Waals surface area contributed by atoms with E-state index in [1.807, 2.05) is 12.1 Å². The summed E-state index contributed by atoms with van der Waals surface area (Å²) in [4.78, 5) is 55.1. The molecule has 85 heavy (non-hydrogen) atoms. The number of carbonyl (C=O) groups excluding carboxylic acids is 4. The fourth-order valence-corrected chi connectivity index (χ4v) is 10.8. The molecular weight excluding hydrogens is 1060 g/mol. The SMILES string of the molecule is CCCCCCCCCCCCOC(=O)c1ccc(-c2ccc(C(=O)OCCCCCCCCCCCC)cc2C(=O)OCCCCCCCCCCCC)c(C(=O)OCCCCCCCCCCCC)c1.O.c1ccc(-c2ccccc2)cc1. The van der Waals surface area contributed by atoms with Crippen LogP contribution < -0.4 is 0 Å². The monoisotopic (exact) mass is 1170 g/mol. The number of esters is 4. The minimum atomic E-state index is -0.574. The first-order chi connectivity index (χ1) is 41.3. The van der Waals surface area contributed by atoms with Crippen LogP contribution in [0.15, 0.2) is 97.1 Å². The predicted octanol–water partition coefficient (Wildman–Crippen LogP) is 22.2. The summed E-state index contributed by atoms with van der Waals surface area (Å²) in [6, 6.07) is 30.5. The lowest BCUT2D eigenvalue weighted by atomic mass is 9.92. The van der Waals surface area contributed by atoms with E-state index in [1.165, 1.54) is 203 Å². The van der Waals surface area contributed by atoms with Gasteiger partial charge in [-0.05, 0) is 72.2 Å². The van der Waals surface area contributed by atoms with Crippen molar-refractivity contribution < 1.29 is 43.6 Å². The van der Waals surface area contributed by atoms with E-state index in [1.54, 1.807) is 24.3 Å². The summed E-state index contributed by atoms with van der Waals surface area (Å²) in [5.74, 6) is -2.15. The van der Waals surface area contributed by atoms with Crippen molar-refractivity contribution in [2.75, 3.05) is 26.4 Å². The second kappa shape index (κ2) is 53.0. The smallest absolute Gasteiger partial charge is 0.338 e. The van der Waals surface area contributed by atoms with Crippen molar-refractivity contribution >= 4 is 23.9 Å². The Labute approximate surface area is 517 Å². The first-order valence-electron chi connectivity index (χ1n) is 34.4. The molecule has 0 atom stereocenters. The zero-order valence-electron chi connectivity index (χ0n) is 54.1. The Morgan fingerprint density at radius 3 is 0.706 bits per heavy atom. The molecule has 9 heteroatoms. The van der Waals surface area contributed by atoms with Crippen LogP contribution in [-0.2, 0) is 18.9 Å². The van der Waals surface area contributed by atoms with Crippen molar-refractivity contribution in [2.24, 2.45) is 0 Å². The van der Waals surface area contributed by atoms with Gasteiger partial charge < -0.3 is 24.4 Å². The lowest BCUT2D eigenvalue weighted by Crippen LogP contribution is -2.14. The molecule has 476 valence electrons. The van der Waals surface area contributed by atoms with Crippen LogP contribution in [0.25, 0.3) is 22.3 Å². The van der Waals surface area contributed by atoms with E-state index in [0.717, 1.165) is 77.0 Å². The fraction of sp³-hybridized carbons (Fsp3) is 0.632. The van der Waals surface area contributed by atoms with E-state index in [-0.39, 0.29) is 40.9 Å². The number of hydrogen-bond acceptors (Lipinski definition) is 8. The number of carbonyl (C=O) groups is 4. The van der Waals surface area contributed by atoms with Crippen LogP contribution in [0.5, 0.6) is 0 Å². The van der Waals surface area contributed by atoms with Crippen LogP contribution in [0.2, 0.25) is 0 Å². The average Bonchev–Trinajstić information content (AvgIpc) is 3.07. The summed E-state index contributed by atoms with van der Waals surface area (Å²) in [7, 11) is 0. The average molecular weight is 1180 g/mol. The molecule has 0 radical (unpaired) electrons. The van der Waals surface area contributed by atoms with Gasteiger partial charge in [0.2, 0.25) is 0 Å². The summed E-state index contributed by atoms with van der Waals surface area (Å²) in [6.07, 6.45) is 47.0. The van der Waals surface area contributed by atoms with Crippen molar-refractivity contribution in [3.63, 3.8) is 0 Å². The fourth-order valence-electron chi connectivity index (χ4n) is 10.8. The molecule has 0 spiro atoms. The molecule has 0 heterocycles. The number of ether oxygens (including phenoxy) is 4. The molecule has 0 aliphatic heterocycles. The van der Waals surface area contributed by atoms with E-state index in [0.29, 0.717) is 24.3 Å². The highest BCUT2D eigenvalue weighted by molar-refractivity contribution is 6.06. The molecule has 0 amide bonds. The molecule has 0 saturated carbocycles. The molecule has 0 aliphatic rings. The molecule has 9 nitrogen and oxygen atoms in total. The highest BCUT2D eigenvalue weighted by Crippen LogP contribution is 2.32. The molecule has 4 rings (SSSR count). The van der Waals surface area contributed by atoms with Crippen molar-refractivity contribution in [3.8, 4) is 22.3 Å². The number of unbranched alkanes of at least 4 members (excludes halogenated alkanes) is 36. The van der Waals surface area contributed by atoms with E-state index in [4.69, 9.17) is 18.9 Å². The molecular formula is C76H118O9. The van der Waals surface area contributed by atoms with Crippen LogP contribution >= 0.6 is 0 Å². The van der Waals surface area contributed by atoms with Gasteiger partial charge in [-0.2, -0.15) is 0 Å². The van der Waals surface area contributed by atoms with E-state index >= 15 is 0 Å². The van der Waals surface area contributed by atoms with Crippen LogP contribution in [0, 0.1) is 0 Å². The Kier molecular flexibility index (Phi) is 47.3. The molecule has 0 aromatic heterocycles. The maximum Gasteiger partial charge on any atom is 0.338 e. The Morgan fingerprint density at radius 2 is 0.471 bits per heavy atom. The molecule has 2 N–H and O–H groups in total. The lowest BCUT2D eigenvalue weighted by Gasteiger charge is -2.16. The van der Waals surface area contributed by atoms with Crippen molar-refractivity contribution in [1.29, 1.82) is 0 Å². The summed E-state index contributed by atoms with van der Waals surface area (Å²) in [6.45, 7) is 10.1. The summed E-state index contributed by atoms with van der Waals surface area (Å²) in [5, 5.41) is 0. The van der Waals surface area contributed by atoms with Crippen molar-refractivity contribution in [3.05, 3.63) is 119 Å². The van der Waals surface area contributed by atoms with Gasteiger partial charge in [-0.15, -0.1) is 0 Å². The molecule has 0 saturated heterocycles. The van der Waals surface area contributed by atoms with Crippen molar-refractivity contribution in [1.82, 2.24) is 0 Å². The van der Waals surface area contributed by atoms with E-state index in [2.05, 4.69) is 76.2 Å². The highest BCUT2D eigenvalue weighted by atomic mass is 16.5. The Morgan fingerprint density at radius 1 is 0.259 bits per heavy atom. The second-order valence-electron chi connectivity index (χ2n) is 23.5. The first-order valence-corrected chi connectivity index (χ1v) is 34.4. The molecule has 4 aromatic rings. The number of hydrogen-bond donors (Lipinski definition) is 0. The van der Waals surface area contributed by atoms with Gasteiger partial charge in [0.15, 0.2) is 0 Å². The van der Waals surface area contributed by atoms with E-state index in [9.17, 15) is 19.2 Å². The lowest BCUT2D eigenvalue weighted by molar-refractivity contribution is 0.0476. The summed E-state index contributed by atoms with van der Waals surface area (Å²) in [5.41, 5.74) is 4.21. The third-order valence-corrected chi connectivity index (χ3v) is 16.0. The van der Waals surface area contributed by atoms with Crippen LogP contribution in [0.4, 0.5) is 0 Å². The zero-order valence-corrected chi connectivity index (χ0v) is 54.1.